The molecule has 1 heterocycles. The minimum absolute atomic E-state index is 0.107. The summed E-state index contributed by atoms with van der Waals surface area (Å²) >= 11 is 0. The number of carbonyl (C=O) groups is 2. The topological polar surface area (TPSA) is 64.6 Å². The Balaban J connectivity index is 1.35. The molecule has 1 aliphatic heterocycles. The standard InChI is InChI=1S/C26H23NO4/c1-27-25(29)19-7-5-18(6-8-19)20-4-2-3-17(13-20)14-24(28)26(11-12-26)21-9-10-22-23(15-21)31-16-30-22/h2-10,13,15H,11-12,14,16H2,1H3,(H,27,29). The Morgan fingerprint density at radius 3 is 2.42 bits per heavy atom. The smallest absolute Gasteiger partial charge is 0.251 e. The number of hydrogen-bond acceptors (Lipinski definition) is 4. The molecule has 5 heteroatoms. The molecule has 1 saturated carbocycles. The minimum atomic E-state index is -0.411. The number of carbonyl (C=O) groups excluding carboxylic acids is 2. The van der Waals surface area contributed by atoms with Crippen molar-refractivity contribution in [3.8, 4) is 22.6 Å². The molecule has 31 heavy (non-hydrogen) atoms. The van der Waals surface area contributed by atoms with Gasteiger partial charge in [0.05, 0.1) is 5.41 Å². The van der Waals surface area contributed by atoms with E-state index in [2.05, 4.69) is 11.4 Å². The Labute approximate surface area is 181 Å². The lowest BCUT2D eigenvalue weighted by molar-refractivity contribution is -0.120. The SMILES string of the molecule is CNC(=O)c1ccc(-c2cccc(CC(=O)C3(c4ccc5c(c4)OCO5)CC3)c2)cc1. The maximum absolute atomic E-state index is 13.3. The molecule has 156 valence electrons. The average Bonchev–Trinajstić information content (AvgIpc) is 3.49. The molecule has 5 nitrogen and oxygen atoms in total. The summed E-state index contributed by atoms with van der Waals surface area (Å²) in [6, 6.07) is 21.4. The highest BCUT2D eigenvalue weighted by atomic mass is 16.7. The van der Waals surface area contributed by atoms with Crippen molar-refractivity contribution in [2.75, 3.05) is 13.8 Å². The van der Waals surface area contributed by atoms with Gasteiger partial charge in [0.2, 0.25) is 6.79 Å². The van der Waals surface area contributed by atoms with Gasteiger partial charge in [-0.3, -0.25) is 9.59 Å². The largest absolute Gasteiger partial charge is 0.454 e. The van der Waals surface area contributed by atoms with Crippen LogP contribution < -0.4 is 14.8 Å². The molecule has 0 spiro atoms. The monoisotopic (exact) mass is 413 g/mol. The van der Waals surface area contributed by atoms with Crippen LogP contribution >= 0.6 is 0 Å². The van der Waals surface area contributed by atoms with Crippen LogP contribution in [0.2, 0.25) is 0 Å². The molecule has 2 aliphatic rings. The molecular weight excluding hydrogens is 390 g/mol. The predicted molar refractivity (Wildman–Crippen MR) is 117 cm³/mol. The van der Waals surface area contributed by atoms with E-state index in [1.165, 1.54) is 0 Å². The Kier molecular flexibility index (Phi) is 4.74. The van der Waals surface area contributed by atoms with E-state index < -0.39 is 5.41 Å². The molecule has 5 rings (SSSR count). The van der Waals surface area contributed by atoms with Gasteiger partial charge in [0, 0.05) is 19.0 Å². The van der Waals surface area contributed by atoms with Gasteiger partial charge < -0.3 is 14.8 Å². The first-order chi connectivity index (χ1) is 15.1. The third kappa shape index (κ3) is 3.56. The third-order valence-corrected chi connectivity index (χ3v) is 6.21. The van der Waals surface area contributed by atoms with Crippen molar-refractivity contribution in [2.45, 2.75) is 24.7 Å². The van der Waals surface area contributed by atoms with Gasteiger partial charge in [-0.05, 0) is 59.4 Å². The number of rotatable bonds is 6. The second-order valence-corrected chi connectivity index (χ2v) is 8.11. The molecular formula is C26H23NO4. The number of amides is 1. The maximum atomic E-state index is 13.3. The Bertz CT molecular complexity index is 1160. The third-order valence-electron chi connectivity index (χ3n) is 6.21. The van der Waals surface area contributed by atoms with Gasteiger partial charge in [-0.25, -0.2) is 0 Å². The molecule has 0 bridgehead atoms. The zero-order chi connectivity index (χ0) is 21.4. The van der Waals surface area contributed by atoms with Crippen LogP contribution in [0, 0.1) is 0 Å². The number of ether oxygens (including phenoxy) is 2. The van der Waals surface area contributed by atoms with E-state index in [1.807, 2.05) is 60.7 Å². The molecule has 0 saturated heterocycles. The van der Waals surface area contributed by atoms with Crippen LogP contribution in [0.25, 0.3) is 11.1 Å². The summed E-state index contributed by atoms with van der Waals surface area (Å²) in [6.45, 7) is 0.233. The minimum Gasteiger partial charge on any atom is -0.454 e. The Morgan fingerprint density at radius 1 is 0.903 bits per heavy atom. The summed E-state index contributed by atoms with van der Waals surface area (Å²) in [5.41, 5.74) is 4.26. The molecule has 1 fully saturated rings. The fraction of sp³-hybridized carbons (Fsp3) is 0.231. The second-order valence-electron chi connectivity index (χ2n) is 8.11. The van der Waals surface area contributed by atoms with E-state index in [1.54, 1.807) is 7.05 Å². The number of ketones is 1. The van der Waals surface area contributed by atoms with Crippen molar-refractivity contribution in [1.29, 1.82) is 0 Å². The summed E-state index contributed by atoms with van der Waals surface area (Å²) < 4.78 is 10.9. The zero-order valence-electron chi connectivity index (χ0n) is 17.3. The number of nitrogens with one attached hydrogen (secondary N) is 1. The highest BCUT2D eigenvalue weighted by Gasteiger charge is 2.50. The average molecular weight is 413 g/mol. The van der Waals surface area contributed by atoms with Crippen LogP contribution in [0.3, 0.4) is 0 Å². The highest BCUT2D eigenvalue weighted by Crippen LogP contribution is 2.51. The quantitative estimate of drug-likeness (QED) is 0.655. The van der Waals surface area contributed by atoms with E-state index in [4.69, 9.17) is 9.47 Å². The molecule has 3 aromatic carbocycles. The molecule has 0 atom stereocenters. The van der Waals surface area contributed by atoms with Crippen molar-refractivity contribution in [1.82, 2.24) is 5.32 Å². The van der Waals surface area contributed by atoms with E-state index in [9.17, 15) is 9.59 Å². The first-order valence-corrected chi connectivity index (χ1v) is 10.4. The lowest BCUT2D eigenvalue weighted by Crippen LogP contribution is -2.22. The lowest BCUT2D eigenvalue weighted by Gasteiger charge is -2.15. The van der Waals surface area contributed by atoms with Gasteiger partial charge in [0.15, 0.2) is 11.5 Å². The predicted octanol–water partition coefficient (Wildman–Crippen LogP) is 4.29. The van der Waals surface area contributed by atoms with Crippen LogP contribution in [0.1, 0.15) is 34.3 Å². The molecule has 1 amide bonds. The Morgan fingerprint density at radius 2 is 1.68 bits per heavy atom. The fourth-order valence-electron chi connectivity index (χ4n) is 4.22. The number of hydrogen-bond donors (Lipinski definition) is 1. The van der Waals surface area contributed by atoms with Crippen LogP contribution in [-0.2, 0) is 16.6 Å². The number of Topliss-reactive ketones (excluding diaryl/α,β-unsaturated/α-hetero) is 1. The van der Waals surface area contributed by atoms with Crippen LogP contribution in [-0.4, -0.2) is 25.5 Å². The summed E-state index contributed by atoms with van der Waals surface area (Å²) in [5, 5.41) is 2.63. The summed E-state index contributed by atoms with van der Waals surface area (Å²) in [7, 11) is 1.62. The van der Waals surface area contributed by atoms with E-state index in [0.717, 1.165) is 46.6 Å². The van der Waals surface area contributed by atoms with Crippen molar-refractivity contribution in [3.05, 3.63) is 83.4 Å². The fourth-order valence-corrected chi connectivity index (χ4v) is 4.22. The van der Waals surface area contributed by atoms with Crippen molar-refractivity contribution in [3.63, 3.8) is 0 Å². The van der Waals surface area contributed by atoms with Gasteiger partial charge >= 0.3 is 0 Å². The van der Waals surface area contributed by atoms with Crippen LogP contribution in [0.4, 0.5) is 0 Å². The van der Waals surface area contributed by atoms with Gasteiger partial charge in [-0.1, -0.05) is 42.5 Å². The lowest BCUT2D eigenvalue weighted by atomic mass is 9.87. The van der Waals surface area contributed by atoms with Crippen molar-refractivity contribution in [2.24, 2.45) is 0 Å². The van der Waals surface area contributed by atoms with Crippen LogP contribution in [0.15, 0.2) is 66.7 Å². The molecule has 0 aromatic heterocycles. The number of fused-ring (bicyclic) bond motifs is 1. The van der Waals surface area contributed by atoms with E-state index >= 15 is 0 Å². The molecule has 3 aromatic rings. The van der Waals surface area contributed by atoms with Crippen molar-refractivity contribution < 1.29 is 19.1 Å². The zero-order valence-corrected chi connectivity index (χ0v) is 17.3. The summed E-state index contributed by atoms with van der Waals surface area (Å²) in [4.78, 5) is 25.0. The van der Waals surface area contributed by atoms with Gasteiger partial charge in [-0.2, -0.15) is 0 Å². The van der Waals surface area contributed by atoms with Gasteiger partial charge in [-0.15, -0.1) is 0 Å². The Hall–Kier alpha value is -3.60. The van der Waals surface area contributed by atoms with E-state index in [0.29, 0.717) is 12.0 Å². The van der Waals surface area contributed by atoms with Crippen LogP contribution in [0.5, 0.6) is 11.5 Å². The molecule has 0 unspecified atom stereocenters. The molecule has 1 N–H and O–H groups in total. The first-order valence-electron chi connectivity index (χ1n) is 10.4. The second kappa shape index (κ2) is 7.58. The molecule has 1 aliphatic carbocycles. The normalized spacial score (nSPS) is 15.4. The van der Waals surface area contributed by atoms with Gasteiger partial charge in [0.1, 0.15) is 5.78 Å². The molecule has 0 radical (unpaired) electrons. The van der Waals surface area contributed by atoms with Gasteiger partial charge in [0.25, 0.3) is 5.91 Å². The highest BCUT2D eigenvalue weighted by molar-refractivity contribution is 5.95. The summed E-state index contributed by atoms with van der Waals surface area (Å²) in [5.74, 6) is 1.59. The summed E-state index contributed by atoms with van der Waals surface area (Å²) in [6.07, 6.45) is 2.12. The van der Waals surface area contributed by atoms with E-state index in [-0.39, 0.29) is 18.5 Å². The first kappa shape index (κ1) is 19.4. The maximum Gasteiger partial charge on any atom is 0.251 e. The number of benzene rings is 3. The van der Waals surface area contributed by atoms with Crippen molar-refractivity contribution >= 4 is 11.7 Å².